The Balaban J connectivity index is 1.87. The first kappa shape index (κ1) is 22.5. The zero-order chi connectivity index (χ0) is 21.8. The zero-order valence-corrected chi connectivity index (χ0v) is 19.8. The summed E-state index contributed by atoms with van der Waals surface area (Å²) in [4.78, 5) is 5.14. The summed E-state index contributed by atoms with van der Waals surface area (Å²) >= 11 is 0. The molecule has 0 aliphatic heterocycles. The summed E-state index contributed by atoms with van der Waals surface area (Å²) in [5.74, 6) is 0.768. The molecule has 1 heterocycles. The van der Waals surface area contributed by atoms with E-state index in [1.54, 1.807) is 0 Å². The van der Waals surface area contributed by atoms with Gasteiger partial charge in [0, 0.05) is 29.2 Å². The van der Waals surface area contributed by atoms with Crippen LogP contribution in [0.1, 0.15) is 85.6 Å². The number of hydrogen-bond acceptors (Lipinski definition) is 2. The Morgan fingerprint density at radius 3 is 2.33 bits per heavy atom. The lowest BCUT2D eigenvalue weighted by Gasteiger charge is -2.34. The van der Waals surface area contributed by atoms with Gasteiger partial charge in [-0.15, -0.1) is 0 Å². The van der Waals surface area contributed by atoms with E-state index in [0.29, 0.717) is 0 Å². The molecule has 2 aromatic rings. The van der Waals surface area contributed by atoms with E-state index >= 15 is 0 Å². The second-order valence-electron chi connectivity index (χ2n) is 10.1. The molecule has 0 bridgehead atoms. The number of rotatable bonds is 9. The first-order valence-electron chi connectivity index (χ1n) is 11.6. The van der Waals surface area contributed by atoms with Crippen LogP contribution in [0.25, 0.3) is 5.69 Å². The lowest BCUT2D eigenvalue weighted by atomic mass is 9.70. The van der Waals surface area contributed by atoms with Crippen molar-refractivity contribution in [2.45, 2.75) is 85.5 Å². The van der Waals surface area contributed by atoms with Gasteiger partial charge in [0.2, 0.25) is 0 Å². The van der Waals surface area contributed by atoms with Crippen LogP contribution < -0.4 is 0 Å². The molecule has 0 radical (unpaired) electrons. The molecule has 1 aromatic heterocycles. The zero-order valence-electron chi connectivity index (χ0n) is 19.8. The van der Waals surface area contributed by atoms with Crippen LogP contribution in [0.2, 0.25) is 0 Å². The molecule has 3 nitrogen and oxygen atoms in total. The standard InChI is InChI=1S/C27H39N3/c1-7-10-24(20-26(4,5)6)29-21(3)19-27(8-2,22-11-12-22)23-13-15-25(16-14-23)30-18-9-17-28-30/h9-10,13-18,22H,7-8,11-12,19-20H2,1-6H3/b24-10-,29-21?. The highest BCUT2D eigenvalue weighted by Crippen LogP contribution is 2.52. The van der Waals surface area contributed by atoms with Gasteiger partial charge in [-0.05, 0) is 80.5 Å². The summed E-state index contributed by atoms with van der Waals surface area (Å²) in [6.45, 7) is 13.7. The fraction of sp³-hybridized carbons (Fsp3) is 0.556. The minimum atomic E-state index is 0.190. The van der Waals surface area contributed by atoms with Crippen LogP contribution in [0.5, 0.6) is 0 Å². The molecular formula is C27H39N3. The molecule has 0 amide bonds. The molecule has 1 aromatic carbocycles. The Labute approximate surface area is 183 Å². The smallest absolute Gasteiger partial charge is 0.0645 e. The highest BCUT2D eigenvalue weighted by Gasteiger charge is 2.45. The number of nitrogens with zero attached hydrogens (tertiary/aromatic N) is 3. The third-order valence-corrected chi connectivity index (χ3v) is 6.26. The molecule has 3 heteroatoms. The van der Waals surface area contributed by atoms with E-state index in [1.807, 2.05) is 23.1 Å². The molecule has 1 aliphatic rings. The van der Waals surface area contributed by atoms with Gasteiger partial charge in [-0.1, -0.05) is 52.8 Å². The van der Waals surface area contributed by atoms with Crippen LogP contribution in [0.15, 0.2) is 59.5 Å². The number of benzene rings is 1. The Kier molecular flexibility index (Phi) is 7.00. The highest BCUT2D eigenvalue weighted by molar-refractivity contribution is 5.84. The maximum atomic E-state index is 5.14. The lowest BCUT2D eigenvalue weighted by Crippen LogP contribution is -2.30. The van der Waals surface area contributed by atoms with E-state index in [9.17, 15) is 0 Å². The Hall–Kier alpha value is -2.16. The molecule has 1 saturated carbocycles. The molecule has 1 atom stereocenters. The average molecular weight is 406 g/mol. The Morgan fingerprint density at radius 1 is 1.13 bits per heavy atom. The topological polar surface area (TPSA) is 30.2 Å². The lowest BCUT2D eigenvalue weighted by molar-refractivity contribution is 0.368. The average Bonchev–Trinajstić information content (AvgIpc) is 3.40. The fourth-order valence-electron chi connectivity index (χ4n) is 4.78. The molecule has 0 N–H and O–H groups in total. The minimum absolute atomic E-state index is 0.190. The molecule has 1 unspecified atom stereocenters. The van der Waals surface area contributed by atoms with Gasteiger partial charge in [-0.25, -0.2) is 4.68 Å². The van der Waals surface area contributed by atoms with Crippen LogP contribution in [0.3, 0.4) is 0 Å². The van der Waals surface area contributed by atoms with Gasteiger partial charge >= 0.3 is 0 Å². The molecule has 0 spiro atoms. The molecule has 0 saturated heterocycles. The van der Waals surface area contributed by atoms with Crippen molar-refractivity contribution in [3.63, 3.8) is 0 Å². The quantitative estimate of drug-likeness (QED) is 0.397. The maximum absolute atomic E-state index is 5.14. The van der Waals surface area contributed by atoms with Crippen molar-refractivity contribution in [3.05, 3.63) is 60.1 Å². The largest absolute Gasteiger partial charge is 0.263 e. The van der Waals surface area contributed by atoms with Crippen molar-refractivity contribution in [2.75, 3.05) is 0 Å². The summed E-state index contributed by atoms with van der Waals surface area (Å²) in [7, 11) is 0. The first-order chi connectivity index (χ1) is 14.3. The molecule has 162 valence electrons. The van der Waals surface area contributed by atoms with Gasteiger partial charge in [0.05, 0.1) is 5.69 Å². The molecule has 30 heavy (non-hydrogen) atoms. The second kappa shape index (κ2) is 9.32. The van der Waals surface area contributed by atoms with Crippen LogP contribution in [-0.2, 0) is 5.41 Å². The summed E-state index contributed by atoms with van der Waals surface area (Å²) in [6.07, 6.45) is 13.1. The normalized spacial score (nSPS) is 17.8. The molecule has 3 rings (SSSR count). The summed E-state index contributed by atoms with van der Waals surface area (Å²) in [5.41, 5.74) is 5.53. The predicted octanol–water partition coefficient (Wildman–Crippen LogP) is 7.51. The SMILES string of the molecule is CC/C=C(/CC(C)(C)C)N=C(C)CC(CC)(c1ccc(-n2cccn2)cc1)C1CC1. The van der Waals surface area contributed by atoms with Gasteiger partial charge in [0.1, 0.15) is 0 Å². The summed E-state index contributed by atoms with van der Waals surface area (Å²) in [5, 5.41) is 4.36. The molecule has 1 aliphatic carbocycles. The third kappa shape index (κ3) is 5.50. The van der Waals surface area contributed by atoms with Crippen molar-refractivity contribution in [2.24, 2.45) is 16.3 Å². The number of hydrogen-bond donors (Lipinski definition) is 0. The van der Waals surface area contributed by atoms with Gasteiger partial charge in [0.25, 0.3) is 0 Å². The van der Waals surface area contributed by atoms with Gasteiger partial charge in [0.15, 0.2) is 0 Å². The Morgan fingerprint density at radius 2 is 1.83 bits per heavy atom. The summed E-state index contributed by atoms with van der Waals surface area (Å²) < 4.78 is 1.93. The molecule has 1 fully saturated rings. The van der Waals surface area contributed by atoms with E-state index < -0.39 is 0 Å². The van der Waals surface area contributed by atoms with Crippen molar-refractivity contribution in [1.29, 1.82) is 0 Å². The van der Waals surface area contributed by atoms with Gasteiger partial charge in [-0.2, -0.15) is 5.10 Å². The van der Waals surface area contributed by atoms with Crippen molar-refractivity contribution in [1.82, 2.24) is 9.78 Å². The van der Waals surface area contributed by atoms with Crippen molar-refractivity contribution >= 4 is 5.71 Å². The van der Waals surface area contributed by atoms with E-state index in [-0.39, 0.29) is 10.8 Å². The fourth-order valence-corrected chi connectivity index (χ4v) is 4.78. The van der Waals surface area contributed by atoms with Crippen LogP contribution in [0, 0.1) is 11.3 Å². The van der Waals surface area contributed by atoms with Gasteiger partial charge < -0.3 is 0 Å². The first-order valence-corrected chi connectivity index (χ1v) is 11.6. The van der Waals surface area contributed by atoms with Crippen molar-refractivity contribution < 1.29 is 0 Å². The van der Waals surface area contributed by atoms with E-state index in [4.69, 9.17) is 4.99 Å². The van der Waals surface area contributed by atoms with E-state index in [1.165, 1.54) is 29.8 Å². The van der Waals surface area contributed by atoms with E-state index in [0.717, 1.165) is 37.3 Å². The maximum Gasteiger partial charge on any atom is 0.0645 e. The Bertz CT molecular complexity index is 862. The van der Waals surface area contributed by atoms with Crippen LogP contribution in [0.4, 0.5) is 0 Å². The predicted molar refractivity (Wildman–Crippen MR) is 128 cm³/mol. The van der Waals surface area contributed by atoms with Crippen LogP contribution in [-0.4, -0.2) is 15.5 Å². The highest BCUT2D eigenvalue weighted by atomic mass is 15.3. The monoisotopic (exact) mass is 405 g/mol. The summed E-state index contributed by atoms with van der Waals surface area (Å²) in [6, 6.07) is 11.0. The minimum Gasteiger partial charge on any atom is -0.263 e. The van der Waals surface area contributed by atoms with Crippen LogP contribution >= 0.6 is 0 Å². The second-order valence-corrected chi connectivity index (χ2v) is 10.1. The number of aliphatic imine (C=N–C) groups is 1. The third-order valence-electron chi connectivity index (χ3n) is 6.26. The number of allylic oxidation sites excluding steroid dienone is 2. The molecular weight excluding hydrogens is 366 g/mol. The van der Waals surface area contributed by atoms with Gasteiger partial charge in [-0.3, -0.25) is 4.99 Å². The van der Waals surface area contributed by atoms with Crippen molar-refractivity contribution in [3.8, 4) is 5.69 Å². The van der Waals surface area contributed by atoms with E-state index in [2.05, 4.69) is 77.0 Å². The number of aromatic nitrogens is 2.